The summed E-state index contributed by atoms with van der Waals surface area (Å²) in [5.41, 5.74) is 2.92. The number of carbonyl (C=O) groups excluding carboxylic acids is 1. The maximum Gasteiger partial charge on any atom is 0.239 e. The second kappa shape index (κ2) is 9.41. The summed E-state index contributed by atoms with van der Waals surface area (Å²) < 4.78 is 6.91. The van der Waals surface area contributed by atoms with Crippen molar-refractivity contribution in [2.45, 2.75) is 0 Å². The van der Waals surface area contributed by atoms with E-state index in [9.17, 15) is 4.79 Å². The van der Waals surface area contributed by atoms with Crippen molar-refractivity contribution in [2.75, 3.05) is 50.1 Å². The fourth-order valence-corrected chi connectivity index (χ4v) is 3.81. The minimum Gasteiger partial charge on any atom is -0.497 e. The molecule has 0 atom stereocenters. The second-order valence-electron chi connectivity index (χ2n) is 7.55. The molecule has 1 fully saturated rings. The SMILES string of the molecule is COc1ccc(N2CCN(CC(=O)Nc3cc(-c4ccc(Cl)cc4)nn3C)CC2)cc1. The van der Waals surface area contributed by atoms with Gasteiger partial charge in [-0.3, -0.25) is 14.4 Å². The predicted octanol–water partition coefficient (Wildman–Crippen LogP) is 3.51. The Bertz CT molecular complexity index is 1030. The predicted molar refractivity (Wildman–Crippen MR) is 124 cm³/mol. The second-order valence-corrected chi connectivity index (χ2v) is 7.99. The average Bonchev–Trinajstić information content (AvgIpc) is 3.15. The molecule has 7 nitrogen and oxygen atoms in total. The molecule has 0 unspecified atom stereocenters. The number of halogens is 1. The van der Waals surface area contributed by atoms with E-state index in [1.54, 1.807) is 11.8 Å². The van der Waals surface area contributed by atoms with Gasteiger partial charge in [0.05, 0.1) is 19.3 Å². The summed E-state index contributed by atoms with van der Waals surface area (Å²) >= 11 is 5.96. The molecule has 0 spiro atoms. The highest BCUT2D eigenvalue weighted by Gasteiger charge is 2.20. The van der Waals surface area contributed by atoms with Crippen molar-refractivity contribution in [2.24, 2.45) is 7.05 Å². The van der Waals surface area contributed by atoms with Crippen LogP contribution in [0.25, 0.3) is 11.3 Å². The van der Waals surface area contributed by atoms with Crippen molar-refractivity contribution in [3.63, 3.8) is 0 Å². The minimum absolute atomic E-state index is 0.0384. The minimum atomic E-state index is -0.0384. The van der Waals surface area contributed by atoms with Crippen LogP contribution >= 0.6 is 11.6 Å². The molecule has 31 heavy (non-hydrogen) atoms. The molecule has 2 heterocycles. The van der Waals surface area contributed by atoms with E-state index in [4.69, 9.17) is 16.3 Å². The lowest BCUT2D eigenvalue weighted by atomic mass is 10.1. The molecule has 1 saturated heterocycles. The first-order valence-electron chi connectivity index (χ1n) is 10.2. The van der Waals surface area contributed by atoms with Gasteiger partial charge in [-0.15, -0.1) is 0 Å². The van der Waals surface area contributed by atoms with Crippen molar-refractivity contribution in [3.8, 4) is 17.0 Å². The van der Waals surface area contributed by atoms with E-state index >= 15 is 0 Å². The van der Waals surface area contributed by atoms with Gasteiger partial charge in [0, 0.05) is 55.6 Å². The molecule has 162 valence electrons. The number of hydrogen-bond donors (Lipinski definition) is 1. The lowest BCUT2D eigenvalue weighted by molar-refractivity contribution is -0.117. The van der Waals surface area contributed by atoms with Gasteiger partial charge < -0.3 is 15.0 Å². The Balaban J connectivity index is 1.30. The van der Waals surface area contributed by atoms with Gasteiger partial charge in [-0.2, -0.15) is 5.10 Å². The van der Waals surface area contributed by atoms with E-state index in [-0.39, 0.29) is 5.91 Å². The molecule has 1 aliphatic heterocycles. The Morgan fingerprint density at radius 1 is 1.06 bits per heavy atom. The highest BCUT2D eigenvalue weighted by Crippen LogP contribution is 2.23. The molecular weight excluding hydrogens is 414 g/mol. The molecule has 0 saturated carbocycles. The van der Waals surface area contributed by atoms with Crippen molar-refractivity contribution >= 4 is 29.0 Å². The lowest BCUT2D eigenvalue weighted by Gasteiger charge is -2.35. The number of aryl methyl sites for hydroxylation is 1. The Morgan fingerprint density at radius 3 is 2.39 bits per heavy atom. The van der Waals surface area contributed by atoms with Crippen molar-refractivity contribution in [1.29, 1.82) is 0 Å². The van der Waals surface area contributed by atoms with Crippen LogP contribution in [0.4, 0.5) is 11.5 Å². The van der Waals surface area contributed by atoms with Crippen LogP contribution in [0.5, 0.6) is 5.75 Å². The van der Waals surface area contributed by atoms with E-state index in [1.807, 2.05) is 49.5 Å². The Labute approximate surface area is 187 Å². The summed E-state index contributed by atoms with van der Waals surface area (Å²) in [6.45, 7) is 3.79. The topological polar surface area (TPSA) is 62.6 Å². The lowest BCUT2D eigenvalue weighted by Crippen LogP contribution is -2.48. The van der Waals surface area contributed by atoms with E-state index in [0.717, 1.165) is 43.2 Å². The zero-order chi connectivity index (χ0) is 21.8. The Morgan fingerprint density at radius 2 is 1.74 bits per heavy atom. The van der Waals surface area contributed by atoms with Gasteiger partial charge in [-0.1, -0.05) is 23.7 Å². The number of ether oxygens (including phenoxy) is 1. The first-order chi connectivity index (χ1) is 15.0. The smallest absolute Gasteiger partial charge is 0.239 e. The third-order valence-electron chi connectivity index (χ3n) is 5.46. The fourth-order valence-electron chi connectivity index (χ4n) is 3.69. The van der Waals surface area contributed by atoms with Crippen molar-refractivity contribution in [1.82, 2.24) is 14.7 Å². The van der Waals surface area contributed by atoms with Crippen LogP contribution < -0.4 is 15.0 Å². The maximum atomic E-state index is 12.6. The summed E-state index contributed by atoms with van der Waals surface area (Å²) in [5.74, 6) is 1.49. The van der Waals surface area contributed by atoms with Gasteiger partial charge in [0.15, 0.2) is 0 Å². The number of anilines is 2. The molecule has 0 bridgehead atoms. The number of nitrogens with one attached hydrogen (secondary N) is 1. The molecule has 1 aliphatic rings. The molecule has 1 aromatic heterocycles. The van der Waals surface area contributed by atoms with Crippen LogP contribution in [-0.4, -0.2) is 60.4 Å². The van der Waals surface area contributed by atoms with E-state index in [2.05, 4.69) is 32.3 Å². The summed E-state index contributed by atoms with van der Waals surface area (Å²) in [6, 6.07) is 17.5. The normalized spacial score (nSPS) is 14.5. The van der Waals surface area contributed by atoms with Gasteiger partial charge in [-0.25, -0.2) is 0 Å². The van der Waals surface area contributed by atoms with Gasteiger partial charge in [-0.05, 0) is 36.4 Å². The first kappa shape index (κ1) is 21.2. The summed E-state index contributed by atoms with van der Waals surface area (Å²) in [4.78, 5) is 17.1. The zero-order valence-corrected chi connectivity index (χ0v) is 18.5. The van der Waals surface area contributed by atoms with Crippen molar-refractivity contribution in [3.05, 3.63) is 59.6 Å². The monoisotopic (exact) mass is 439 g/mol. The van der Waals surface area contributed by atoms with Gasteiger partial charge in [0.1, 0.15) is 11.6 Å². The van der Waals surface area contributed by atoms with E-state index in [1.165, 1.54) is 5.69 Å². The van der Waals surface area contributed by atoms with Crippen LogP contribution in [-0.2, 0) is 11.8 Å². The Hall–Kier alpha value is -3.03. The number of carbonyl (C=O) groups is 1. The van der Waals surface area contributed by atoms with Crippen LogP contribution in [0.1, 0.15) is 0 Å². The van der Waals surface area contributed by atoms with Crippen LogP contribution in [0.2, 0.25) is 5.02 Å². The zero-order valence-electron chi connectivity index (χ0n) is 17.7. The summed E-state index contributed by atoms with van der Waals surface area (Å²) in [7, 11) is 3.49. The molecule has 1 amide bonds. The number of methoxy groups -OCH3 is 1. The quantitative estimate of drug-likeness (QED) is 0.636. The number of benzene rings is 2. The third-order valence-corrected chi connectivity index (χ3v) is 5.72. The molecule has 0 radical (unpaired) electrons. The maximum absolute atomic E-state index is 12.6. The van der Waals surface area contributed by atoms with Crippen molar-refractivity contribution < 1.29 is 9.53 Å². The molecule has 0 aliphatic carbocycles. The van der Waals surface area contributed by atoms with E-state index < -0.39 is 0 Å². The largest absolute Gasteiger partial charge is 0.497 e. The van der Waals surface area contributed by atoms with Crippen LogP contribution in [0.3, 0.4) is 0 Å². The van der Waals surface area contributed by atoms with Gasteiger partial charge in [0.25, 0.3) is 0 Å². The first-order valence-corrected chi connectivity index (χ1v) is 10.6. The highest BCUT2D eigenvalue weighted by atomic mass is 35.5. The van der Waals surface area contributed by atoms with E-state index in [0.29, 0.717) is 17.4 Å². The summed E-state index contributed by atoms with van der Waals surface area (Å²) in [5, 5.41) is 8.16. The standard InChI is InChI=1S/C23H26ClN5O2/c1-27-22(15-21(26-27)17-3-5-18(24)6-4-17)25-23(30)16-28-11-13-29(14-12-28)19-7-9-20(31-2)10-8-19/h3-10,15H,11-14,16H2,1-2H3,(H,25,30). The number of amides is 1. The molecule has 3 aromatic rings. The number of rotatable bonds is 6. The summed E-state index contributed by atoms with van der Waals surface area (Å²) in [6.07, 6.45) is 0. The molecule has 8 heteroatoms. The molecule has 4 rings (SSSR count). The van der Waals surface area contributed by atoms with Gasteiger partial charge >= 0.3 is 0 Å². The van der Waals surface area contributed by atoms with Gasteiger partial charge in [0.2, 0.25) is 5.91 Å². The number of piperazine rings is 1. The van der Waals surface area contributed by atoms with Crippen LogP contribution in [0, 0.1) is 0 Å². The molecule has 2 aromatic carbocycles. The number of hydrogen-bond acceptors (Lipinski definition) is 5. The average molecular weight is 440 g/mol. The number of nitrogens with zero attached hydrogens (tertiary/aromatic N) is 4. The Kier molecular flexibility index (Phi) is 6.44. The molecular formula is C23H26ClN5O2. The van der Waals surface area contributed by atoms with Crippen LogP contribution in [0.15, 0.2) is 54.6 Å². The number of aromatic nitrogens is 2. The fraction of sp³-hybridized carbons (Fsp3) is 0.304. The third kappa shape index (κ3) is 5.18. The highest BCUT2D eigenvalue weighted by molar-refractivity contribution is 6.30. The molecule has 1 N–H and O–H groups in total.